The van der Waals surface area contributed by atoms with Crippen LogP contribution in [0.2, 0.25) is 0 Å². The molecule has 0 aliphatic carbocycles. The smallest absolute Gasteiger partial charge is 0.318 e. The Morgan fingerprint density at radius 2 is 2.26 bits per heavy atom. The van der Waals surface area contributed by atoms with E-state index in [-0.39, 0.29) is 11.6 Å². The van der Waals surface area contributed by atoms with Crippen molar-refractivity contribution in [2.24, 2.45) is 0 Å². The normalized spacial score (nSPS) is 18.8. The van der Waals surface area contributed by atoms with Crippen molar-refractivity contribution in [2.45, 2.75) is 12.5 Å². The maximum absolute atomic E-state index is 13.6. The van der Waals surface area contributed by atoms with Gasteiger partial charge in [0, 0.05) is 18.7 Å². The Kier molecular flexibility index (Phi) is 4.31. The highest BCUT2D eigenvalue weighted by molar-refractivity contribution is 5.77. The number of halogens is 2. The molecule has 1 aromatic carbocycles. The molecule has 0 bridgehead atoms. The van der Waals surface area contributed by atoms with Gasteiger partial charge in [-0.15, -0.1) is 0 Å². The molecule has 0 aromatic heterocycles. The van der Waals surface area contributed by atoms with Crippen LogP contribution >= 0.6 is 0 Å². The molecule has 19 heavy (non-hydrogen) atoms. The summed E-state index contributed by atoms with van der Waals surface area (Å²) < 4.78 is 26.8. The van der Waals surface area contributed by atoms with Crippen molar-refractivity contribution < 1.29 is 13.6 Å². The minimum absolute atomic E-state index is 0.199. The number of nitrogens with zero attached hydrogens (tertiary/aromatic N) is 1. The average molecular weight is 269 g/mol. The number of carbonyl (C=O) groups excluding carboxylic acids is 1. The summed E-state index contributed by atoms with van der Waals surface area (Å²) in [6.45, 7) is 1.77. The van der Waals surface area contributed by atoms with E-state index >= 15 is 0 Å². The van der Waals surface area contributed by atoms with E-state index in [4.69, 9.17) is 0 Å². The van der Waals surface area contributed by atoms with Crippen LogP contribution in [0.15, 0.2) is 18.2 Å². The van der Waals surface area contributed by atoms with Crippen molar-refractivity contribution in [3.05, 3.63) is 35.4 Å². The quantitative estimate of drug-likeness (QED) is 0.798. The summed E-state index contributed by atoms with van der Waals surface area (Å²) in [4.78, 5) is 13.3. The molecular formula is C13H17F2N3O. The number of hydrogen-bond acceptors (Lipinski definition) is 2. The van der Waals surface area contributed by atoms with E-state index in [1.54, 1.807) is 4.90 Å². The fourth-order valence-corrected chi connectivity index (χ4v) is 2.19. The molecule has 0 radical (unpaired) electrons. The zero-order valence-corrected chi connectivity index (χ0v) is 10.7. The SMILES string of the molecule is CNCCCN1CC(c2cc(F)ccc2F)NC1=O. The first-order chi connectivity index (χ1) is 9.11. The van der Waals surface area contributed by atoms with Crippen LogP contribution in [0.25, 0.3) is 0 Å². The maximum atomic E-state index is 13.6. The minimum atomic E-state index is -0.501. The minimum Gasteiger partial charge on any atom is -0.329 e. The topological polar surface area (TPSA) is 44.4 Å². The fourth-order valence-electron chi connectivity index (χ4n) is 2.19. The molecule has 1 heterocycles. The molecular weight excluding hydrogens is 252 g/mol. The van der Waals surface area contributed by atoms with Crippen LogP contribution in [-0.4, -0.2) is 37.6 Å². The van der Waals surface area contributed by atoms with E-state index in [0.29, 0.717) is 13.1 Å². The highest BCUT2D eigenvalue weighted by atomic mass is 19.1. The van der Waals surface area contributed by atoms with Crippen LogP contribution in [0, 0.1) is 11.6 Å². The van der Waals surface area contributed by atoms with Gasteiger partial charge in [-0.2, -0.15) is 0 Å². The lowest BCUT2D eigenvalue weighted by atomic mass is 10.1. The van der Waals surface area contributed by atoms with Crippen molar-refractivity contribution in [3.63, 3.8) is 0 Å². The number of benzene rings is 1. The molecule has 4 nitrogen and oxygen atoms in total. The van der Waals surface area contributed by atoms with Crippen LogP contribution in [0.1, 0.15) is 18.0 Å². The molecule has 1 saturated heterocycles. The predicted molar refractivity (Wildman–Crippen MR) is 67.7 cm³/mol. The second kappa shape index (κ2) is 5.97. The molecule has 1 aromatic rings. The van der Waals surface area contributed by atoms with E-state index in [0.717, 1.165) is 31.2 Å². The third-order valence-electron chi connectivity index (χ3n) is 3.18. The number of amides is 2. The van der Waals surface area contributed by atoms with Gasteiger partial charge >= 0.3 is 6.03 Å². The van der Waals surface area contributed by atoms with Crippen LogP contribution < -0.4 is 10.6 Å². The van der Waals surface area contributed by atoms with Crippen molar-refractivity contribution >= 4 is 6.03 Å². The summed E-state index contributed by atoms with van der Waals surface area (Å²) >= 11 is 0. The Bertz CT molecular complexity index is 467. The lowest BCUT2D eigenvalue weighted by Crippen LogP contribution is -2.30. The second-order valence-electron chi connectivity index (χ2n) is 4.57. The number of carbonyl (C=O) groups is 1. The molecule has 1 fully saturated rings. The summed E-state index contributed by atoms with van der Waals surface area (Å²) in [6, 6.07) is 2.57. The summed E-state index contributed by atoms with van der Waals surface area (Å²) in [6.07, 6.45) is 0.822. The van der Waals surface area contributed by atoms with Gasteiger partial charge in [0.15, 0.2) is 0 Å². The van der Waals surface area contributed by atoms with Crippen LogP contribution in [0.5, 0.6) is 0 Å². The lowest BCUT2D eigenvalue weighted by molar-refractivity contribution is 0.217. The number of nitrogens with one attached hydrogen (secondary N) is 2. The molecule has 1 unspecified atom stereocenters. The Labute approximate surface area is 110 Å². The Hall–Kier alpha value is -1.69. The summed E-state index contributed by atoms with van der Waals surface area (Å²) in [7, 11) is 1.84. The molecule has 0 saturated carbocycles. The van der Waals surface area contributed by atoms with E-state index in [9.17, 15) is 13.6 Å². The van der Waals surface area contributed by atoms with E-state index < -0.39 is 17.7 Å². The van der Waals surface area contributed by atoms with Gasteiger partial charge < -0.3 is 15.5 Å². The maximum Gasteiger partial charge on any atom is 0.318 e. The molecule has 2 rings (SSSR count). The molecule has 2 amide bonds. The molecule has 1 atom stereocenters. The number of hydrogen-bond donors (Lipinski definition) is 2. The van der Waals surface area contributed by atoms with Gasteiger partial charge in [0.25, 0.3) is 0 Å². The van der Waals surface area contributed by atoms with Gasteiger partial charge in [0.05, 0.1) is 6.04 Å². The van der Waals surface area contributed by atoms with Crippen molar-refractivity contribution in [1.29, 1.82) is 0 Å². The lowest BCUT2D eigenvalue weighted by Gasteiger charge is -2.14. The molecule has 104 valence electrons. The number of rotatable bonds is 5. The van der Waals surface area contributed by atoms with Crippen LogP contribution in [0.4, 0.5) is 13.6 Å². The Morgan fingerprint density at radius 3 is 3.00 bits per heavy atom. The highest BCUT2D eigenvalue weighted by Gasteiger charge is 2.30. The second-order valence-corrected chi connectivity index (χ2v) is 4.57. The van der Waals surface area contributed by atoms with Gasteiger partial charge in [-0.25, -0.2) is 13.6 Å². The van der Waals surface area contributed by atoms with Crippen LogP contribution in [-0.2, 0) is 0 Å². The first kappa shape index (κ1) is 13.7. The highest BCUT2D eigenvalue weighted by Crippen LogP contribution is 2.23. The van der Waals surface area contributed by atoms with E-state index in [1.807, 2.05) is 7.05 Å². The van der Waals surface area contributed by atoms with Crippen molar-refractivity contribution in [2.75, 3.05) is 26.7 Å². The zero-order chi connectivity index (χ0) is 13.8. The summed E-state index contributed by atoms with van der Waals surface area (Å²) in [5, 5.41) is 5.67. The molecule has 1 aliphatic heterocycles. The zero-order valence-electron chi connectivity index (χ0n) is 10.7. The van der Waals surface area contributed by atoms with Gasteiger partial charge in [-0.1, -0.05) is 0 Å². The third kappa shape index (κ3) is 3.20. The van der Waals surface area contributed by atoms with Gasteiger partial charge in [0.1, 0.15) is 11.6 Å². The predicted octanol–water partition coefficient (Wildman–Crippen LogP) is 1.64. The molecule has 1 aliphatic rings. The number of urea groups is 1. The largest absolute Gasteiger partial charge is 0.329 e. The summed E-state index contributed by atoms with van der Waals surface area (Å²) in [5.41, 5.74) is 0.199. The van der Waals surface area contributed by atoms with Gasteiger partial charge in [-0.05, 0) is 38.2 Å². The monoisotopic (exact) mass is 269 g/mol. The van der Waals surface area contributed by atoms with E-state index in [2.05, 4.69) is 10.6 Å². The van der Waals surface area contributed by atoms with Gasteiger partial charge in [-0.3, -0.25) is 0 Å². The molecule has 2 N–H and O–H groups in total. The first-order valence-corrected chi connectivity index (χ1v) is 6.27. The van der Waals surface area contributed by atoms with E-state index in [1.165, 1.54) is 0 Å². The van der Waals surface area contributed by atoms with Gasteiger partial charge in [0.2, 0.25) is 0 Å². The standard InChI is InChI=1S/C13H17F2N3O/c1-16-5-2-6-18-8-12(17-13(18)19)10-7-9(14)3-4-11(10)15/h3-4,7,12,16H,2,5-6,8H2,1H3,(H,17,19). The van der Waals surface area contributed by atoms with Crippen LogP contribution in [0.3, 0.4) is 0 Å². The Balaban J connectivity index is 2.03. The molecule has 0 spiro atoms. The summed E-state index contributed by atoms with van der Waals surface area (Å²) in [5.74, 6) is -0.997. The van der Waals surface area contributed by atoms with Crippen molar-refractivity contribution in [3.8, 4) is 0 Å². The Morgan fingerprint density at radius 1 is 1.47 bits per heavy atom. The van der Waals surface area contributed by atoms with Crippen molar-refractivity contribution in [1.82, 2.24) is 15.5 Å². The fraction of sp³-hybridized carbons (Fsp3) is 0.462. The molecule has 6 heteroatoms. The average Bonchev–Trinajstić information content (AvgIpc) is 2.74. The first-order valence-electron chi connectivity index (χ1n) is 6.27. The third-order valence-corrected chi connectivity index (χ3v) is 3.18.